The van der Waals surface area contributed by atoms with Gasteiger partial charge in [0, 0.05) is 13.2 Å². The Morgan fingerprint density at radius 3 is 1.82 bits per heavy atom. The van der Waals surface area contributed by atoms with Gasteiger partial charge < -0.3 is 9.84 Å². The van der Waals surface area contributed by atoms with Crippen molar-refractivity contribution in [2.24, 2.45) is 29.6 Å². The highest BCUT2D eigenvalue weighted by molar-refractivity contribution is 5.09. The normalized spacial score (nSPS) is 54.2. The van der Waals surface area contributed by atoms with Gasteiger partial charge in [0.05, 0.1) is 5.60 Å². The first kappa shape index (κ1) is 10.8. The summed E-state index contributed by atoms with van der Waals surface area (Å²) in [7, 11) is 0. The fourth-order valence-corrected chi connectivity index (χ4v) is 5.77. The average Bonchev–Trinajstić information content (AvgIpc) is 2.36. The Morgan fingerprint density at radius 2 is 1.29 bits per heavy atom. The zero-order valence-electron chi connectivity index (χ0n) is 10.6. The molecule has 0 aromatic heterocycles. The van der Waals surface area contributed by atoms with Gasteiger partial charge in [-0.05, 0) is 74.5 Å². The molecule has 0 unspecified atom stereocenters. The summed E-state index contributed by atoms with van der Waals surface area (Å²) in [5, 5.41) is 11.4. The van der Waals surface area contributed by atoms with E-state index in [4.69, 9.17) is 4.74 Å². The molecule has 0 spiro atoms. The Balaban J connectivity index is 1.63. The zero-order chi connectivity index (χ0) is 11.5. The van der Waals surface area contributed by atoms with E-state index in [1.807, 2.05) is 0 Å². The van der Waals surface area contributed by atoms with E-state index in [9.17, 15) is 5.11 Å². The second-order valence-electron chi connectivity index (χ2n) is 7.08. The molecular formula is C15H24O2. The Bertz CT molecular complexity index is 273. The maximum atomic E-state index is 11.4. The summed E-state index contributed by atoms with van der Waals surface area (Å²) in [4.78, 5) is 0. The lowest BCUT2D eigenvalue weighted by molar-refractivity contribution is -0.213. The lowest BCUT2D eigenvalue weighted by Gasteiger charge is -2.61. The van der Waals surface area contributed by atoms with Gasteiger partial charge in [-0.3, -0.25) is 0 Å². The summed E-state index contributed by atoms with van der Waals surface area (Å²) in [5.41, 5.74) is -0.308. The molecule has 5 rings (SSSR count). The highest BCUT2D eigenvalue weighted by Crippen LogP contribution is 2.61. The van der Waals surface area contributed by atoms with E-state index in [1.165, 1.54) is 32.1 Å². The van der Waals surface area contributed by atoms with Crippen LogP contribution < -0.4 is 0 Å². The number of ether oxygens (including phenoxy) is 1. The average molecular weight is 236 g/mol. The summed E-state index contributed by atoms with van der Waals surface area (Å²) in [6.07, 6.45) is 8.94. The summed E-state index contributed by atoms with van der Waals surface area (Å²) in [6.45, 7) is 1.75. The van der Waals surface area contributed by atoms with Crippen LogP contribution in [0.1, 0.15) is 44.9 Å². The fraction of sp³-hybridized carbons (Fsp3) is 1.00. The van der Waals surface area contributed by atoms with Crippen LogP contribution in [0.5, 0.6) is 0 Å². The maximum Gasteiger partial charge on any atom is 0.0733 e. The SMILES string of the molecule is OC1(C2CCOCC2)C2CC3CC(C2)CC1C3. The fourth-order valence-electron chi connectivity index (χ4n) is 5.77. The van der Waals surface area contributed by atoms with E-state index >= 15 is 0 Å². The van der Waals surface area contributed by atoms with Crippen LogP contribution in [-0.2, 0) is 4.74 Å². The van der Waals surface area contributed by atoms with Crippen molar-refractivity contribution in [3.63, 3.8) is 0 Å². The molecule has 0 atom stereocenters. The van der Waals surface area contributed by atoms with E-state index in [0.29, 0.717) is 17.8 Å². The molecule has 0 amide bonds. The highest BCUT2D eigenvalue weighted by atomic mass is 16.5. The van der Waals surface area contributed by atoms with Gasteiger partial charge in [-0.15, -0.1) is 0 Å². The molecule has 0 radical (unpaired) electrons. The van der Waals surface area contributed by atoms with Crippen LogP contribution in [0.3, 0.4) is 0 Å². The molecule has 5 aliphatic rings. The van der Waals surface area contributed by atoms with Crippen LogP contribution in [0.25, 0.3) is 0 Å². The Morgan fingerprint density at radius 1 is 0.765 bits per heavy atom. The molecule has 2 heteroatoms. The predicted molar refractivity (Wildman–Crippen MR) is 65.5 cm³/mol. The van der Waals surface area contributed by atoms with Crippen molar-refractivity contribution >= 4 is 0 Å². The van der Waals surface area contributed by atoms with E-state index < -0.39 is 0 Å². The largest absolute Gasteiger partial charge is 0.389 e. The first-order chi connectivity index (χ1) is 8.27. The highest BCUT2D eigenvalue weighted by Gasteiger charge is 2.59. The van der Waals surface area contributed by atoms with Gasteiger partial charge in [-0.1, -0.05) is 0 Å². The van der Waals surface area contributed by atoms with Gasteiger partial charge >= 0.3 is 0 Å². The molecule has 4 bridgehead atoms. The third-order valence-electron chi connectivity index (χ3n) is 6.32. The van der Waals surface area contributed by atoms with Crippen LogP contribution in [0.2, 0.25) is 0 Å². The molecule has 17 heavy (non-hydrogen) atoms. The molecule has 4 saturated carbocycles. The Kier molecular flexibility index (Phi) is 2.36. The van der Waals surface area contributed by atoms with Crippen molar-refractivity contribution in [2.45, 2.75) is 50.5 Å². The summed E-state index contributed by atoms with van der Waals surface area (Å²) in [6, 6.07) is 0. The molecule has 2 nitrogen and oxygen atoms in total. The third-order valence-corrected chi connectivity index (χ3v) is 6.32. The molecule has 1 N–H and O–H groups in total. The number of hydrogen-bond donors (Lipinski definition) is 1. The minimum Gasteiger partial charge on any atom is -0.389 e. The van der Waals surface area contributed by atoms with E-state index in [1.54, 1.807) is 0 Å². The van der Waals surface area contributed by atoms with Crippen molar-refractivity contribution in [3.8, 4) is 0 Å². The van der Waals surface area contributed by atoms with Crippen LogP contribution in [0, 0.1) is 29.6 Å². The Labute approximate surface area is 104 Å². The standard InChI is InChI=1S/C15H24O2/c16-15(12-1-3-17-4-2-12)13-6-10-5-11(8-13)9-14(15)7-10/h10-14,16H,1-9H2. The second kappa shape index (κ2) is 3.71. The van der Waals surface area contributed by atoms with Gasteiger partial charge in [-0.2, -0.15) is 0 Å². The topological polar surface area (TPSA) is 29.5 Å². The molecular weight excluding hydrogens is 212 g/mol. The number of rotatable bonds is 1. The van der Waals surface area contributed by atoms with E-state index in [2.05, 4.69) is 0 Å². The van der Waals surface area contributed by atoms with Crippen LogP contribution in [0.4, 0.5) is 0 Å². The molecule has 1 aliphatic heterocycles. The number of hydrogen-bond acceptors (Lipinski definition) is 2. The minimum atomic E-state index is -0.308. The van der Waals surface area contributed by atoms with Gasteiger partial charge in [0.15, 0.2) is 0 Å². The smallest absolute Gasteiger partial charge is 0.0733 e. The summed E-state index contributed by atoms with van der Waals surface area (Å²) >= 11 is 0. The zero-order valence-corrected chi connectivity index (χ0v) is 10.6. The molecule has 0 aromatic carbocycles. The van der Waals surface area contributed by atoms with Gasteiger partial charge in [-0.25, -0.2) is 0 Å². The number of aliphatic hydroxyl groups is 1. The van der Waals surface area contributed by atoms with Crippen molar-refractivity contribution in [3.05, 3.63) is 0 Å². The first-order valence-electron chi connectivity index (χ1n) is 7.57. The van der Waals surface area contributed by atoms with Gasteiger partial charge in [0.25, 0.3) is 0 Å². The summed E-state index contributed by atoms with van der Waals surface area (Å²) in [5.74, 6) is 3.70. The third kappa shape index (κ3) is 1.46. The van der Waals surface area contributed by atoms with Gasteiger partial charge in [0.2, 0.25) is 0 Å². The predicted octanol–water partition coefficient (Wildman–Crippen LogP) is 2.60. The van der Waals surface area contributed by atoms with E-state index in [-0.39, 0.29) is 5.60 Å². The van der Waals surface area contributed by atoms with Crippen molar-refractivity contribution < 1.29 is 9.84 Å². The maximum absolute atomic E-state index is 11.4. The van der Waals surface area contributed by atoms with Crippen molar-refractivity contribution in [1.82, 2.24) is 0 Å². The van der Waals surface area contributed by atoms with Crippen LogP contribution >= 0.6 is 0 Å². The Hall–Kier alpha value is -0.0800. The molecule has 1 heterocycles. The second-order valence-corrected chi connectivity index (χ2v) is 7.08. The molecule has 0 aromatic rings. The molecule has 4 aliphatic carbocycles. The van der Waals surface area contributed by atoms with Crippen molar-refractivity contribution in [2.75, 3.05) is 13.2 Å². The van der Waals surface area contributed by atoms with Gasteiger partial charge in [0.1, 0.15) is 0 Å². The lowest BCUT2D eigenvalue weighted by atomic mass is 9.47. The van der Waals surface area contributed by atoms with Crippen LogP contribution in [-0.4, -0.2) is 23.9 Å². The first-order valence-corrected chi connectivity index (χ1v) is 7.57. The molecule has 96 valence electrons. The molecule has 5 fully saturated rings. The van der Waals surface area contributed by atoms with E-state index in [0.717, 1.165) is 37.9 Å². The monoisotopic (exact) mass is 236 g/mol. The summed E-state index contributed by atoms with van der Waals surface area (Å²) < 4.78 is 5.48. The van der Waals surface area contributed by atoms with Crippen LogP contribution in [0.15, 0.2) is 0 Å². The van der Waals surface area contributed by atoms with Crippen molar-refractivity contribution in [1.29, 1.82) is 0 Å². The quantitative estimate of drug-likeness (QED) is 0.758. The lowest BCUT2D eigenvalue weighted by Crippen LogP contribution is -2.61. The minimum absolute atomic E-state index is 0.308. The molecule has 1 saturated heterocycles.